The van der Waals surface area contributed by atoms with Crippen LogP contribution in [0.5, 0.6) is 0 Å². The Hall–Kier alpha value is 0.270. The molecule has 0 saturated carbocycles. The molecule has 0 aromatic carbocycles. The summed E-state index contributed by atoms with van der Waals surface area (Å²) in [4.78, 5) is 2.51. The average Bonchev–Trinajstić information content (AvgIpc) is 2.19. The van der Waals surface area contributed by atoms with Crippen molar-refractivity contribution in [3.8, 4) is 0 Å². The molecule has 0 aliphatic carbocycles. The van der Waals surface area contributed by atoms with Gasteiger partial charge in [-0.05, 0) is 32.2 Å². The van der Waals surface area contributed by atoms with Crippen LogP contribution in [0, 0.1) is 0 Å². The van der Waals surface area contributed by atoms with Crippen molar-refractivity contribution in [1.82, 2.24) is 10.2 Å². The maximum absolute atomic E-state index is 3.46. The van der Waals surface area contributed by atoms with Crippen LogP contribution in [0.2, 0.25) is 0 Å². The van der Waals surface area contributed by atoms with Crippen molar-refractivity contribution in [3.63, 3.8) is 0 Å². The number of thioether (sulfide) groups is 1. The molecule has 1 atom stereocenters. The monoisotopic (exact) mass is 202 g/mol. The second-order valence-corrected chi connectivity index (χ2v) is 5.07. The molecule has 1 unspecified atom stereocenters. The minimum absolute atomic E-state index is 0.784. The van der Waals surface area contributed by atoms with E-state index < -0.39 is 0 Å². The number of nitrogens with zero attached hydrogens (tertiary/aromatic N) is 1. The molecule has 78 valence electrons. The normalized spacial score (nSPS) is 23.8. The first kappa shape index (κ1) is 11.3. The fourth-order valence-electron chi connectivity index (χ4n) is 1.75. The molecule has 0 radical (unpaired) electrons. The Labute approximate surface area is 86.5 Å². The van der Waals surface area contributed by atoms with E-state index in [1.807, 2.05) is 11.8 Å². The van der Waals surface area contributed by atoms with Gasteiger partial charge < -0.3 is 10.2 Å². The third kappa shape index (κ3) is 4.34. The van der Waals surface area contributed by atoms with E-state index in [2.05, 4.69) is 24.2 Å². The van der Waals surface area contributed by atoms with Gasteiger partial charge in [0.15, 0.2) is 0 Å². The number of likely N-dealkylation sites (N-methyl/N-ethyl adjacent to an activating group) is 1. The van der Waals surface area contributed by atoms with Crippen molar-refractivity contribution in [3.05, 3.63) is 0 Å². The van der Waals surface area contributed by atoms with Crippen molar-refractivity contribution in [2.75, 3.05) is 38.2 Å². The Morgan fingerprint density at radius 1 is 1.54 bits per heavy atom. The summed E-state index contributed by atoms with van der Waals surface area (Å²) in [7, 11) is 2.26. The molecule has 0 aromatic heterocycles. The van der Waals surface area contributed by atoms with E-state index in [9.17, 15) is 0 Å². The van der Waals surface area contributed by atoms with Gasteiger partial charge in [0.1, 0.15) is 0 Å². The molecular weight excluding hydrogens is 180 g/mol. The molecule has 13 heavy (non-hydrogen) atoms. The van der Waals surface area contributed by atoms with Crippen LogP contribution in [0.15, 0.2) is 0 Å². The fraction of sp³-hybridized carbons (Fsp3) is 1.00. The van der Waals surface area contributed by atoms with Crippen LogP contribution in [-0.2, 0) is 0 Å². The van der Waals surface area contributed by atoms with Gasteiger partial charge >= 0.3 is 0 Å². The van der Waals surface area contributed by atoms with E-state index in [1.165, 1.54) is 44.0 Å². The van der Waals surface area contributed by atoms with Crippen molar-refractivity contribution in [2.24, 2.45) is 0 Å². The first-order chi connectivity index (χ1) is 6.34. The quantitative estimate of drug-likeness (QED) is 0.679. The number of piperidine rings is 1. The van der Waals surface area contributed by atoms with Gasteiger partial charge in [-0.1, -0.05) is 6.92 Å². The summed E-state index contributed by atoms with van der Waals surface area (Å²) in [6, 6.07) is 0.784. The molecule has 1 aliphatic heterocycles. The van der Waals surface area contributed by atoms with Crippen LogP contribution < -0.4 is 5.32 Å². The Morgan fingerprint density at radius 2 is 2.38 bits per heavy atom. The lowest BCUT2D eigenvalue weighted by atomic mass is 10.1. The van der Waals surface area contributed by atoms with Gasteiger partial charge in [-0.3, -0.25) is 0 Å². The summed E-state index contributed by atoms with van der Waals surface area (Å²) in [5.74, 6) is 2.53. The summed E-state index contributed by atoms with van der Waals surface area (Å²) in [5.41, 5.74) is 0. The van der Waals surface area contributed by atoms with E-state index in [0.717, 1.165) is 6.04 Å². The molecule has 1 fully saturated rings. The molecule has 0 amide bonds. The van der Waals surface area contributed by atoms with Crippen molar-refractivity contribution >= 4 is 11.8 Å². The lowest BCUT2D eigenvalue weighted by molar-refractivity contribution is 0.214. The molecule has 3 heteroatoms. The minimum atomic E-state index is 0.784. The topological polar surface area (TPSA) is 15.3 Å². The van der Waals surface area contributed by atoms with Crippen LogP contribution >= 0.6 is 11.8 Å². The average molecular weight is 202 g/mol. The number of nitrogens with one attached hydrogen (secondary N) is 1. The van der Waals surface area contributed by atoms with Crippen LogP contribution in [0.1, 0.15) is 19.8 Å². The Kier molecular flexibility index (Phi) is 5.83. The second-order valence-electron chi connectivity index (χ2n) is 3.68. The first-order valence-electron chi connectivity index (χ1n) is 5.33. The molecule has 1 N–H and O–H groups in total. The zero-order valence-corrected chi connectivity index (χ0v) is 9.70. The third-order valence-electron chi connectivity index (χ3n) is 2.69. The number of hydrogen-bond acceptors (Lipinski definition) is 3. The van der Waals surface area contributed by atoms with Crippen LogP contribution in [0.25, 0.3) is 0 Å². The van der Waals surface area contributed by atoms with Gasteiger partial charge in [0.05, 0.1) is 0 Å². The van der Waals surface area contributed by atoms with Gasteiger partial charge in [0.2, 0.25) is 0 Å². The molecule has 2 nitrogen and oxygen atoms in total. The van der Waals surface area contributed by atoms with Gasteiger partial charge in [-0.2, -0.15) is 11.8 Å². The molecule has 1 rings (SSSR count). The molecule has 0 spiro atoms. The van der Waals surface area contributed by atoms with E-state index >= 15 is 0 Å². The molecule has 0 bridgehead atoms. The molecule has 1 saturated heterocycles. The summed E-state index contributed by atoms with van der Waals surface area (Å²) in [5, 5.41) is 3.46. The molecule has 1 heterocycles. The van der Waals surface area contributed by atoms with E-state index in [0.29, 0.717) is 0 Å². The highest BCUT2D eigenvalue weighted by molar-refractivity contribution is 7.99. The maximum atomic E-state index is 3.46. The Morgan fingerprint density at radius 3 is 3.00 bits per heavy atom. The SMILES string of the molecule is CCSCCN(C)C1CCCNC1. The summed E-state index contributed by atoms with van der Waals surface area (Å²) >= 11 is 2.04. The van der Waals surface area contributed by atoms with Crippen LogP contribution in [0.4, 0.5) is 0 Å². The highest BCUT2D eigenvalue weighted by Crippen LogP contribution is 2.09. The van der Waals surface area contributed by atoms with Crippen molar-refractivity contribution in [1.29, 1.82) is 0 Å². The van der Waals surface area contributed by atoms with Crippen molar-refractivity contribution in [2.45, 2.75) is 25.8 Å². The van der Waals surface area contributed by atoms with Crippen molar-refractivity contribution < 1.29 is 0 Å². The molecular formula is C10H22N2S. The number of rotatable bonds is 5. The maximum Gasteiger partial charge on any atom is 0.0218 e. The summed E-state index contributed by atoms with van der Waals surface area (Å²) in [6.07, 6.45) is 2.72. The zero-order valence-electron chi connectivity index (χ0n) is 8.88. The fourth-order valence-corrected chi connectivity index (χ4v) is 2.45. The number of hydrogen-bond donors (Lipinski definition) is 1. The first-order valence-corrected chi connectivity index (χ1v) is 6.48. The van der Waals surface area contributed by atoms with E-state index in [4.69, 9.17) is 0 Å². The lowest BCUT2D eigenvalue weighted by Crippen LogP contribution is -2.44. The molecule has 1 aliphatic rings. The predicted octanol–water partition coefficient (Wildman–Crippen LogP) is 1.42. The Bertz CT molecular complexity index is 124. The standard InChI is InChI=1S/C10H22N2S/c1-3-13-8-7-12(2)10-5-4-6-11-9-10/h10-11H,3-9H2,1-2H3. The highest BCUT2D eigenvalue weighted by atomic mass is 32.2. The zero-order chi connectivity index (χ0) is 9.52. The smallest absolute Gasteiger partial charge is 0.0218 e. The van der Waals surface area contributed by atoms with Gasteiger partial charge in [-0.15, -0.1) is 0 Å². The van der Waals surface area contributed by atoms with Crippen LogP contribution in [0.3, 0.4) is 0 Å². The van der Waals surface area contributed by atoms with Gasteiger partial charge in [0.25, 0.3) is 0 Å². The lowest BCUT2D eigenvalue weighted by Gasteiger charge is -2.31. The summed E-state index contributed by atoms with van der Waals surface area (Å²) < 4.78 is 0. The largest absolute Gasteiger partial charge is 0.315 e. The third-order valence-corrected chi connectivity index (χ3v) is 3.57. The van der Waals surface area contributed by atoms with E-state index in [1.54, 1.807) is 0 Å². The van der Waals surface area contributed by atoms with Gasteiger partial charge in [0, 0.05) is 24.9 Å². The van der Waals surface area contributed by atoms with E-state index in [-0.39, 0.29) is 0 Å². The highest BCUT2D eigenvalue weighted by Gasteiger charge is 2.16. The van der Waals surface area contributed by atoms with Crippen LogP contribution in [-0.4, -0.2) is 49.1 Å². The minimum Gasteiger partial charge on any atom is -0.315 e. The van der Waals surface area contributed by atoms with Gasteiger partial charge in [-0.25, -0.2) is 0 Å². The summed E-state index contributed by atoms with van der Waals surface area (Å²) in [6.45, 7) is 5.87. The molecule has 0 aromatic rings. The second kappa shape index (κ2) is 6.68. The predicted molar refractivity (Wildman–Crippen MR) is 61.5 cm³/mol. The Balaban J connectivity index is 2.09.